The SMILES string of the molecule is COC(=O)/C=C/C(=O)OCCNC1CCCCC1. The van der Waals surface area contributed by atoms with Gasteiger partial charge in [0.1, 0.15) is 6.61 Å². The van der Waals surface area contributed by atoms with Gasteiger partial charge in [0.2, 0.25) is 0 Å². The van der Waals surface area contributed by atoms with Crippen molar-refractivity contribution in [2.45, 2.75) is 38.1 Å². The molecule has 0 aliphatic heterocycles. The van der Waals surface area contributed by atoms with Gasteiger partial charge in [0.25, 0.3) is 0 Å². The molecule has 0 saturated heterocycles. The van der Waals surface area contributed by atoms with Gasteiger partial charge in [0, 0.05) is 24.7 Å². The number of ether oxygens (including phenoxy) is 2. The number of hydrogen-bond donors (Lipinski definition) is 1. The van der Waals surface area contributed by atoms with Gasteiger partial charge in [-0.3, -0.25) is 0 Å². The van der Waals surface area contributed by atoms with E-state index >= 15 is 0 Å². The van der Waals surface area contributed by atoms with E-state index in [1.54, 1.807) is 0 Å². The minimum absolute atomic E-state index is 0.320. The zero-order chi connectivity index (χ0) is 13.2. The zero-order valence-corrected chi connectivity index (χ0v) is 10.8. The summed E-state index contributed by atoms with van der Waals surface area (Å²) in [5.74, 6) is -1.09. The number of nitrogens with one attached hydrogen (secondary N) is 1. The smallest absolute Gasteiger partial charge is 0.331 e. The summed E-state index contributed by atoms with van der Waals surface area (Å²) in [7, 11) is 1.26. The Morgan fingerprint density at radius 2 is 1.83 bits per heavy atom. The van der Waals surface area contributed by atoms with Crippen molar-refractivity contribution in [3.8, 4) is 0 Å². The molecular formula is C13H21NO4. The van der Waals surface area contributed by atoms with Crippen molar-refractivity contribution in [3.63, 3.8) is 0 Å². The third-order valence-electron chi connectivity index (χ3n) is 2.94. The molecule has 1 rings (SSSR count). The fourth-order valence-corrected chi connectivity index (χ4v) is 1.97. The summed E-state index contributed by atoms with van der Waals surface area (Å²) in [5.41, 5.74) is 0. The summed E-state index contributed by atoms with van der Waals surface area (Å²) in [5, 5.41) is 3.36. The van der Waals surface area contributed by atoms with Crippen LogP contribution in [0.5, 0.6) is 0 Å². The van der Waals surface area contributed by atoms with E-state index in [-0.39, 0.29) is 0 Å². The van der Waals surface area contributed by atoms with E-state index in [4.69, 9.17) is 4.74 Å². The largest absolute Gasteiger partial charge is 0.466 e. The first-order valence-electron chi connectivity index (χ1n) is 6.38. The van der Waals surface area contributed by atoms with Crippen LogP contribution in [0.4, 0.5) is 0 Å². The summed E-state index contributed by atoms with van der Waals surface area (Å²) >= 11 is 0. The van der Waals surface area contributed by atoms with Crippen molar-refractivity contribution in [1.82, 2.24) is 5.32 Å². The van der Waals surface area contributed by atoms with Crippen LogP contribution in [0, 0.1) is 0 Å². The van der Waals surface area contributed by atoms with Crippen LogP contribution in [0.1, 0.15) is 32.1 Å². The molecule has 0 heterocycles. The fraction of sp³-hybridized carbons (Fsp3) is 0.692. The minimum atomic E-state index is -0.563. The van der Waals surface area contributed by atoms with Crippen LogP contribution in [0.3, 0.4) is 0 Å². The Morgan fingerprint density at radius 3 is 2.50 bits per heavy atom. The van der Waals surface area contributed by atoms with Crippen molar-refractivity contribution < 1.29 is 19.1 Å². The van der Waals surface area contributed by atoms with Gasteiger partial charge in [-0.1, -0.05) is 19.3 Å². The molecule has 5 nitrogen and oxygen atoms in total. The first-order chi connectivity index (χ1) is 8.72. The Labute approximate surface area is 108 Å². The van der Waals surface area contributed by atoms with E-state index < -0.39 is 11.9 Å². The molecule has 0 aromatic rings. The second-order valence-electron chi connectivity index (χ2n) is 4.31. The molecular weight excluding hydrogens is 234 g/mol. The van der Waals surface area contributed by atoms with E-state index in [1.807, 2.05) is 0 Å². The highest BCUT2D eigenvalue weighted by molar-refractivity contribution is 5.91. The van der Waals surface area contributed by atoms with E-state index in [9.17, 15) is 9.59 Å². The van der Waals surface area contributed by atoms with Crippen LogP contribution in [0.15, 0.2) is 12.2 Å². The van der Waals surface area contributed by atoms with E-state index in [0.29, 0.717) is 19.2 Å². The molecule has 1 aliphatic rings. The number of hydrogen-bond acceptors (Lipinski definition) is 5. The number of esters is 2. The van der Waals surface area contributed by atoms with E-state index in [2.05, 4.69) is 10.1 Å². The molecule has 0 bridgehead atoms. The summed E-state index contributed by atoms with van der Waals surface area (Å²) < 4.78 is 9.29. The average molecular weight is 255 g/mol. The van der Waals surface area contributed by atoms with Gasteiger partial charge in [-0.25, -0.2) is 9.59 Å². The topological polar surface area (TPSA) is 64.6 Å². The molecule has 102 valence electrons. The third kappa shape index (κ3) is 6.39. The molecule has 0 atom stereocenters. The van der Waals surface area contributed by atoms with Gasteiger partial charge in [-0.2, -0.15) is 0 Å². The maximum Gasteiger partial charge on any atom is 0.331 e. The first kappa shape index (κ1) is 14.7. The highest BCUT2D eigenvalue weighted by atomic mass is 16.5. The quantitative estimate of drug-likeness (QED) is 0.438. The van der Waals surface area contributed by atoms with Crippen LogP contribution >= 0.6 is 0 Å². The number of carbonyl (C=O) groups excluding carboxylic acids is 2. The zero-order valence-electron chi connectivity index (χ0n) is 10.8. The molecule has 1 N–H and O–H groups in total. The standard InChI is InChI=1S/C13H21NO4/c1-17-12(15)7-8-13(16)18-10-9-14-11-5-3-2-4-6-11/h7-8,11,14H,2-6,9-10H2,1H3/b8-7+. The average Bonchev–Trinajstić information content (AvgIpc) is 2.42. The summed E-state index contributed by atoms with van der Waals surface area (Å²) in [4.78, 5) is 21.9. The van der Waals surface area contributed by atoms with E-state index in [0.717, 1.165) is 12.2 Å². The Morgan fingerprint density at radius 1 is 1.17 bits per heavy atom. The van der Waals surface area contributed by atoms with Crippen LogP contribution in [-0.2, 0) is 19.1 Å². The molecule has 0 unspecified atom stereocenters. The predicted octanol–water partition coefficient (Wildman–Crippen LogP) is 1.18. The molecule has 5 heteroatoms. The van der Waals surface area contributed by atoms with Gasteiger partial charge in [-0.05, 0) is 12.8 Å². The Hall–Kier alpha value is -1.36. The van der Waals surface area contributed by atoms with Crippen molar-refractivity contribution in [1.29, 1.82) is 0 Å². The highest BCUT2D eigenvalue weighted by Gasteiger charge is 2.11. The van der Waals surface area contributed by atoms with Crippen LogP contribution in [-0.4, -0.2) is 38.2 Å². The molecule has 0 aromatic carbocycles. The van der Waals surface area contributed by atoms with E-state index in [1.165, 1.54) is 39.2 Å². The molecule has 0 radical (unpaired) electrons. The molecule has 0 aromatic heterocycles. The van der Waals surface area contributed by atoms with Gasteiger partial charge in [0.15, 0.2) is 0 Å². The molecule has 1 aliphatic carbocycles. The van der Waals surface area contributed by atoms with Crippen LogP contribution in [0.2, 0.25) is 0 Å². The second kappa shape index (κ2) is 8.69. The maximum atomic E-state index is 11.2. The van der Waals surface area contributed by atoms with Gasteiger partial charge < -0.3 is 14.8 Å². The maximum absolute atomic E-state index is 11.2. The second-order valence-corrected chi connectivity index (χ2v) is 4.31. The monoisotopic (exact) mass is 255 g/mol. The van der Waals surface area contributed by atoms with Crippen LogP contribution in [0.25, 0.3) is 0 Å². The Bertz CT molecular complexity index is 295. The lowest BCUT2D eigenvalue weighted by Crippen LogP contribution is -2.33. The van der Waals surface area contributed by atoms with Crippen molar-refractivity contribution >= 4 is 11.9 Å². The van der Waals surface area contributed by atoms with Gasteiger partial charge >= 0.3 is 11.9 Å². The van der Waals surface area contributed by atoms with Crippen LogP contribution < -0.4 is 5.32 Å². The minimum Gasteiger partial charge on any atom is -0.466 e. The Kier molecular flexibility index (Phi) is 7.10. The Balaban J connectivity index is 2.04. The number of carbonyl (C=O) groups is 2. The number of rotatable bonds is 6. The molecule has 18 heavy (non-hydrogen) atoms. The summed E-state index contributed by atoms with van der Waals surface area (Å²) in [6.07, 6.45) is 8.42. The third-order valence-corrected chi connectivity index (χ3v) is 2.94. The predicted molar refractivity (Wildman–Crippen MR) is 67.0 cm³/mol. The lowest BCUT2D eigenvalue weighted by atomic mass is 9.96. The highest BCUT2D eigenvalue weighted by Crippen LogP contribution is 2.16. The molecule has 1 fully saturated rings. The van der Waals surface area contributed by atoms with Crippen molar-refractivity contribution in [2.75, 3.05) is 20.3 Å². The molecule has 0 amide bonds. The van der Waals surface area contributed by atoms with Gasteiger partial charge in [-0.15, -0.1) is 0 Å². The van der Waals surface area contributed by atoms with Crippen molar-refractivity contribution in [3.05, 3.63) is 12.2 Å². The molecule has 1 saturated carbocycles. The summed E-state index contributed by atoms with van der Waals surface area (Å²) in [6, 6.07) is 0.558. The first-order valence-corrected chi connectivity index (χ1v) is 6.38. The summed E-state index contributed by atoms with van der Waals surface area (Å²) in [6.45, 7) is 0.976. The molecule has 0 spiro atoms. The number of methoxy groups -OCH3 is 1. The van der Waals surface area contributed by atoms with Crippen molar-refractivity contribution in [2.24, 2.45) is 0 Å². The normalized spacial score (nSPS) is 16.7. The fourth-order valence-electron chi connectivity index (χ4n) is 1.97. The van der Waals surface area contributed by atoms with Gasteiger partial charge in [0.05, 0.1) is 7.11 Å². The lowest BCUT2D eigenvalue weighted by Gasteiger charge is -2.22. The lowest BCUT2D eigenvalue weighted by molar-refractivity contribution is -0.139.